The maximum absolute atomic E-state index is 12.5. The highest BCUT2D eigenvalue weighted by atomic mass is 32.2. The van der Waals surface area contributed by atoms with Crippen molar-refractivity contribution in [3.63, 3.8) is 0 Å². The molecule has 25 heavy (non-hydrogen) atoms. The summed E-state index contributed by atoms with van der Waals surface area (Å²) in [4.78, 5) is 14.2. The summed E-state index contributed by atoms with van der Waals surface area (Å²) in [5, 5.41) is 8.04. The summed E-state index contributed by atoms with van der Waals surface area (Å²) < 4.78 is 34.0. The van der Waals surface area contributed by atoms with Crippen LogP contribution in [0, 0.1) is 0 Å². The van der Waals surface area contributed by atoms with E-state index in [4.69, 9.17) is 8.83 Å². The van der Waals surface area contributed by atoms with Gasteiger partial charge in [-0.1, -0.05) is 18.7 Å². The predicted octanol–water partition coefficient (Wildman–Crippen LogP) is 1.85. The first-order valence-corrected chi connectivity index (χ1v) is 10.8. The van der Waals surface area contributed by atoms with Crippen LogP contribution in [0.15, 0.2) is 32.5 Å². The number of sulfone groups is 1. The predicted molar refractivity (Wildman–Crippen MR) is 91.8 cm³/mol. The van der Waals surface area contributed by atoms with E-state index in [9.17, 15) is 13.2 Å². The lowest BCUT2D eigenvalue weighted by Crippen LogP contribution is -2.42. The molecule has 0 bridgehead atoms. The number of nitrogens with zero attached hydrogens (tertiary/aromatic N) is 3. The Morgan fingerprint density at radius 1 is 1.44 bits per heavy atom. The van der Waals surface area contributed by atoms with Crippen LogP contribution >= 0.6 is 11.8 Å². The summed E-state index contributed by atoms with van der Waals surface area (Å²) >= 11 is 1.14. The molecule has 8 nitrogen and oxygen atoms in total. The van der Waals surface area contributed by atoms with Crippen molar-refractivity contribution in [1.82, 2.24) is 15.1 Å². The minimum atomic E-state index is -3.03. The van der Waals surface area contributed by atoms with Crippen LogP contribution in [0.2, 0.25) is 0 Å². The SMILES string of the molecule is CCCN(C(=O)CSc1nnc(-c2ccco2)o1)[C@H]1CCS(=O)(=O)C1. The molecule has 1 amide bonds. The molecule has 1 saturated heterocycles. The number of carbonyl (C=O) groups is 1. The second-order valence-corrected chi connectivity index (χ2v) is 8.94. The van der Waals surface area contributed by atoms with Crippen LogP contribution in [0.1, 0.15) is 19.8 Å². The molecule has 1 aliphatic heterocycles. The van der Waals surface area contributed by atoms with Crippen LogP contribution in [-0.4, -0.2) is 59.3 Å². The van der Waals surface area contributed by atoms with Crippen molar-refractivity contribution < 1.29 is 22.0 Å². The van der Waals surface area contributed by atoms with Crippen molar-refractivity contribution >= 4 is 27.5 Å². The Morgan fingerprint density at radius 3 is 2.92 bits per heavy atom. The monoisotopic (exact) mass is 385 g/mol. The smallest absolute Gasteiger partial charge is 0.284 e. The fourth-order valence-electron chi connectivity index (χ4n) is 2.75. The van der Waals surface area contributed by atoms with Crippen LogP contribution in [-0.2, 0) is 14.6 Å². The van der Waals surface area contributed by atoms with E-state index in [0.29, 0.717) is 18.7 Å². The van der Waals surface area contributed by atoms with Gasteiger partial charge in [-0.2, -0.15) is 0 Å². The maximum Gasteiger partial charge on any atom is 0.284 e. The molecule has 10 heteroatoms. The molecule has 136 valence electrons. The normalized spacial score (nSPS) is 19.2. The number of furan rings is 1. The molecule has 0 aliphatic carbocycles. The fraction of sp³-hybridized carbons (Fsp3) is 0.533. The zero-order valence-corrected chi connectivity index (χ0v) is 15.4. The Balaban J connectivity index is 1.60. The van der Waals surface area contributed by atoms with Gasteiger partial charge in [-0.05, 0) is 25.0 Å². The topological polar surface area (TPSA) is 107 Å². The third kappa shape index (κ3) is 4.43. The highest BCUT2D eigenvalue weighted by molar-refractivity contribution is 7.99. The van der Waals surface area contributed by atoms with E-state index < -0.39 is 9.84 Å². The number of aromatic nitrogens is 2. The van der Waals surface area contributed by atoms with Gasteiger partial charge in [-0.15, -0.1) is 10.2 Å². The second kappa shape index (κ2) is 7.61. The van der Waals surface area contributed by atoms with Crippen molar-refractivity contribution in [2.24, 2.45) is 0 Å². The van der Waals surface area contributed by atoms with Crippen LogP contribution in [0.4, 0.5) is 0 Å². The van der Waals surface area contributed by atoms with Gasteiger partial charge in [0.05, 0.1) is 23.5 Å². The molecule has 2 aromatic rings. The van der Waals surface area contributed by atoms with Crippen molar-refractivity contribution in [3.8, 4) is 11.7 Å². The molecular weight excluding hydrogens is 366 g/mol. The van der Waals surface area contributed by atoms with Gasteiger partial charge in [-0.3, -0.25) is 4.79 Å². The number of hydrogen-bond acceptors (Lipinski definition) is 8. The zero-order valence-electron chi connectivity index (χ0n) is 13.8. The van der Waals surface area contributed by atoms with Gasteiger partial charge in [0.15, 0.2) is 15.6 Å². The van der Waals surface area contributed by atoms with Gasteiger partial charge in [0.2, 0.25) is 5.91 Å². The van der Waals surface area contributed by atoms with E-state index >= 15 is 0 Å². The largest absolute Gasteiger partial charge is 0.459 e. The Labute approximate surface area is 149 Å². The minimum absolute atomic E-state index is 0.0482. The summed E-state index contributed by atoms with van der Waals surface area (Å²) in [7, 11) is -3.03. The molecule has 3 rings (SSSR count). The Kier molecular flexibility index (Phi) is 5.48. The van der Waals surface area contributed by atoms with Crippen LogP contribution < -0.4 is 0 Å². The molecule has 1 aliphatic rings. The molecule has 1 atom stereocenters. The average molecular weight is 385 g/mol. The van der Waals surface area contributed by atoms with E-state index in [0.717, 1.165) is 18.2 Å². The molecule has 0 saturated carbocycles. The van der Waals surface area contributed by atoms with E-state index in [1.807, 2.05) is 6.92 Å². The number of thioether (sulfide) groups is 1. The average Bonchev–Trinajstić information content (AvgIpc) is 3.30. The minimum Gasteiger partial charge on any atom is -0.459 e. The highest BCUT2D eigenvalue weighted by Crippen LogP contribution is 2.25. The van der Waals surface area contributed by atoms with Crippen LogP contribution in [0.3, 0.4) is 0 Å². The zero-order chi connectivity index (χ0) is 17.9. The molecule has 0 unspecified atom stereocenters. The van der Waals surface area contributed by atoms with Crippen molar-refractivity contribution in [3.05, 3.63) is 18.4 Å². The third-order valence-electron chi connectivity index (χ3n) is 3.89. The standard InChI is InChI=1S/C15H19N3O5S2/c1-2-6-18(11-5-8-25(20,21)10-11)13(19)9-24-15-17-16-14(23-15)12-4-3-7-22-12/h3-4,7,11H,2,5-6,8-10H2,1H3/t11-/m0/s1. The van der Waals surface area contributed by atoms with Gasteiger partial charge in [0, 0.05) is 12.6 Å². The van der Waals surface area contributed by atoms with Crippen LogP contribution in [0.5, 0.6) is 0 Å². The van der Waals surface area contributed by atoms with E-state index in [1.165, 1.54) is 6.26 Å². The first kappa shape index (κ1) is 18.0. The van der Waals surface area contributed by atoms with Crippen molar-refractivity contribution in [2.45, 2.75) is 31.0 Å². The highest BCUT2D eigenvalue weighted by Gasteiger charge is 2.34. The van der Waals surface area contributed by atoms with Crippen molar-refractivity contribution in [1.29, 1.82) is 0 Å². The van der Waals surface area contributed by atoms with Gasteiger partial charge in [0.1, 0.15) is 0 Å². The lowest BCUT2D eigenvalue weighted by Gasteiger charge is -2.27. The first-order valence-electron chi connectivity index (χ1n) is 7.98. The molecule has 1 fully saturated rings. The quantitative estimate of drug-likeness (QED) is 0.665. The van der Waals surface area contributed by atoms with Crippen LogP contribution in [0.25, 0.3) is 11.7 Å². The number of hydrogen-bond donors (Lipinski definition) is 0. The number of amides is 1. The summed E-state index contributed by atoms with van der Waals surface area (Å²) in [6.45, 7) is 2.51. The number of carbonyl (C=O) groups excluding carboxylic acids is 1. The fourth-order valence-corrected chi connectivity index (χ4v) is 5.13. The van der Waals surface area contributed by atoms with Gasteiger partial charge in [0.25, 0.3) is 11.1 Å². The molecule has 0 aromatic carbocycles. The lowest BCUT2D eigenvalue weighted by molar-refractivity contribution is -0.130. The third-order valence-corrected chi connectivity index (χ3v) is 6.45. The Morgan fingerprint density at radius 2 is 2.28 bits per heavy atom. The summed E-state index contributed by atoms with van der Waals surface area (Å²) in [5.74, 6) is 0.922. The van der Waals surface area contributed by atoms with Crippen molar-refractivity contribution in [2.75, 3.05) is 23.8 Å². The molecule has 0 N–H and O–H groups in total. The lowest BCUT2D eigenvalue weighted by atomic mass is 10.2. The second-order valence-electron chi connectivity index (χ2n) is 5.78. The van der Waals surface area contributed by atoms with Gasteiger partial charge >= 0.3 is 0 Å². The summed E-state index contributed by atoms with van der Waals surface area (Å²) in [5.41, 5.74) is 0. The maximum atomic E-state index is 12.5. The summed E-state index contributed by atoms with van der Waals surface area (Å²) in [6, 6.07) is 3.18. The van der Waals surface area contributed by atoms with Gasteiger partial charge in [-0.25, -0.2) is 8.42 Å². The molecule has 2 aromatic heterocycles. The molecule has 0 radical (unpaired) electrons. The van der Waals surface area contributed by atoms with E-state index in [2.05, 4.69) is 10.2 Å². The Hall–Kier alpha value is -1.81. The van der Waals surface area contributed by atoms with E-state index in [-0.39, 0.29) is 40.3 Å². The molecule has 0 spiro atoms. The van der Waals surface area contributed by atoms with E-state index in [1.54, 1.807) is 17.0 Å². The van der Waals surface area contributed by atoms with Gasteiger partial charge < -0.3 is 13.7 Å². The molecule has 3 heterocycles. The molecular formula is C15H19N3O5S2. The number of rotatable bonds is 7. The Bertz CT molecular complexity index is 816. The summed E-state index contributed by atoms with van der Waals surface area (Å²) in [6.07, 6.45) is 2.78. The first-order chi connectivity index (χ1) is 12.0.